The van der Waals surface area contributed by atoms with E-state index in [2.05, 4.69) is 5.32 Å². The van der Waals surface area contributed by atoms with Crippen LogP contribution in [-0.4, -0.2) is 62.4 Å². The van der Waals surface area contributed by atoms with Crippen LogP contribution < -0.4 is 14.8 Å². The van der Waals surface area contributed by atoms with Crippen LogP contribution in [0.5, 0.6) is 11.5 Å². The Morgan fingerprint density at radius 3 is 2.62 bits per heavy atom. The number of nitrogens with one attached hydrogen (secondary N) is 1. The predicted octanol–water partition coefficient (Wildman–Crippen LogP) is 0.822. The van der Waals surface area contributed by atoms with Gasteiger partial charge in [-0.15, -0.1) is 0 Å². The van der Waals surface area contributed by atoms with Crippen molar-refractivity contribution in [3.05, 3.63) is 18.2 Å². The SMILES string of the molecule is CC(=O)N(CCC(=O)Nc1ccc2c(c1)OCCO2)C1CCS(=O)(=O)C1. The molecule has 0 aliphatic carbocycles. The van der Waals surface area contributed by atoms with E-state index in [4.69, 9.17) is 9.47 Å². The second-order valence-electron chi connectivity index (χ2n) is 6.43. The normalized spacial score (nSPS) is 20.4. The predicted molar refractivity (Wildman–Crippen MR) is 95.1 cm³/mol. The number of sulfone groups is 1. The zero-order chi connectivity index (χ0) is 18.7. The lowest BCUT2D eigenvalue weighted by atomic mass is 10.2. The Morgan fingerprint density at radius 2 is 1.96 bits per heavy atom. The lowest BCUT2D eigenvalue weighted by Gasteiger charge is -2.26. The van der Waals surface area contributed by atoms with Crippen LogP contribution in [0.2, 0.25) is 0 Å². The molecule has 0 spiro atoms. The summed E-state index contributed by atoms with van der Waals surface area (Å²) in [6.45, 7) is 2.54. The van der Waals surface area contributed by atoms with Crippen LogP contribution in [0, 0.1) is 0 Å². The summed E-state index contributed by atoms with van der Waals surface area (Å²) in [5.74, 6) is 0.796. The monoisotopic (exact) mass is 382 g/mol. The van der Waals surface area contributed by atoms with Crippen molar-refractivity contribution in [2.75, 3.05) is 36.6 Å². The summed E-state index contributed by atoms with van der Waals surface area (Å²) in [5, 5.41) is 2.76. The summed E-state index contributed by atoms with van der Waals surface area (Å²) in [4.78, 5) is 25.5. The van der Waals surface area contributed by atoms with Crippen molar-refractivity contribution < 1.29 is 27.5 Å². The quantitative estimate of drug-likeness (QED) is 0.809. The van der Waals surface area contributed by atoms with Crippen LogP contribution in [-0.2, 0) is 19.4 Å². The van der Waals surface area contributed by atoms with Crippen molar-refractivity contribution in [3.63, 3.8) is 0 Å². The third-order valence-electron chi connectivity index (χ3n) is 4.46. The van der Waals surface area contributed by atoms with Gasteiger partial charge in [-0.2, -0.15) is 0 Å². The number of hydrogen-bond acceptors (Lipinski definition) is 6. The highest BCUT2D eigenvalue weighted by atomic mass is 32.2. The summed E-state index contributed by atoms with van der Waals surface area (Å²) in [6, 6.07) is 4.80. The largest absolute Gasteiger partial charge is 0.486 e. The summed E-state index contributed by atoms with van der Waals surface area (Å²) in [5.41, 5.74) is 0.581. The third-order valence-corrected chi connectivity index (χ3v) is 6.21. The van der Waals surface area contributed by atoms with E-state index >= 15 is 0 Å². The van der Waals surface area contributed by atoms with E-state index in [9.17, 15) is 18.0 Å². The summed E-state index contributed by atoms with van der Waals surface area (Å²) < 4.78 is 34.2. The number of rotatable bonds is 5. The highest BCUT2D eigenvalue weighted by molar-refractivity contribution is 7.91. The molecule has 0 bridgehead atoms. The number of benzene rings is 1. The van der Waals surface area contributed by atoms with E-state index < -0.39 is 9.84 Å². The Bertz CT molecular complexity index is 807. The summed E-state index contributed by atoms with van der Waals surface area (Å²) in [7, 11) is -3.09. The maximum Gasteiger partial charge on any atom is 0.226 e. The Kier molecular flexibility index (Phi) is 5.36. The van der Waals surface area contributed by atoms with E-state index in [1.165, 1.54) is 11.8 Å². The minimum atomic E-state index is -3.09. The molecule has 1 N–H and O–H groups in total. The molecule has 142 valence electrons. The molecule has 2 aliphatic heterocycles. The van der Waals surface area contributed by atoms with Crippen LogP contribution in [0.25, 0.3) is 0 Å². The maximum atomic E-state index is 12.2. The van der Waals surface area contributed by atoms with Gasteiger partial charge < -0.3 is 19.7 Å². The fourth-order valence-electron chi connectivity index (χ4n) is 3.18. The number of nitrogens with zero attached hydrogens (tertiary/aromatic N) is 1. The molecule has 2 heterocycles. The fourth-order valence-corrected chi connectivity index (χ4v) is 4.92. The highest BCUT2D eigenvalue weighted by Gasteiger charge is 2.33. The molecular weight excluding hydrogens is 360 g/mol. The van der Waals surface area contributed by atoms with Crippen LogP contribution in [0.15, 0.2) is 18.2 Å². The van der Waals surface area contributed by atoms with Crippen molar-refractivity contribution in [2.24, 2.45) is 0 Å². The smallest absolute Gasteiger partial charge is 0.226 e. The zero-order valence-electron chi connectivity index (χ0n) is 14.6. The molecule has 2 aliphatic rings. The van der Waals surface area contributed by atoms with Gasteiger partial charge in [-0.05, 0) is 18.6 Å². The van der Waals surface area contributed by atoms with E-state index in [1.54, 1.807) is 18.2 Å². The molecule has 1 aromatic carbocycles. The Morgan fingerprint density at radius 1 is 1.23 bits per heavy atom. The molecule has 0 aromatic heterocycles. The number of carbonyl (C=O) groups is 2. The number of hydrogen-bond donors (Lipinski definition) is 1. The summed E-state index contributed by atoms with van der Waals surface area (Å²) >= 11 is 0. The highest BCUT2D eigenvalue weighted by Crippen LogP contribution is 2.32. The minimum absolute atomic E-state index is 0.0314. The van der Waals surface area contributed by atoms with Crippen molar-refractivity contribution in [2.45, 2.75) is 25.8 Å². The van der Waals surface area contributed by atoms with Crippen molar-refractivity contribution >= 4 is 27.3 Å². The fraction of sp³-hybridized carbons (Fsp3) is 0.529. The average Bonchev–Trinajstić information content (AvgIpc) is 2.94. The van der Waals surface area contributed by atoms with E-state index in [0.717, 1.165) is 0 Å². The van der Waals surface area contributed by atoms with E-state index in [0.29, 0.717) is 36.8 Å². The van der Waals surface area contributed by atoms with Crippen LogP contribution in [0.1, 0.15) is 19.8 Å². The molecule has 0 saturated carbocycles. The zero-order valence-corrected chi connectivity index (χ0v) is 15.4. The molecule has 26 heavy (non-hydrogen) atoms. The van der Waals surface area contributed by atoms with E-state index in [1.807, 2.05) is 0 Å². The van der Waals surface area contributed by atoms with Gasteiger partial charge >= 0.3 is 0 Å². The van der Waals surface area contributed by atoms with Gasteiger partial charge in [0.1, 0.15) is 13.2 Å². The third kappa shape index (κ3) is 4.46. The number of amides is 2. The Balaban J connectivity index is 1.56. The van der Waals surface area contributed by atoms with Gasteiger partial charge in [0.2, 0.25) is 11.8 Å². The Labute approximate surface area is 152 Å². The number of carbonyl (C=O) groups excluding carboxylic acids is 2. The van der Waals surface area contributed by atoms with Crippen molar-refractivity contribution in [3.8, 4) is 11.5 Å². The van der Waals surface area contributed by atoms with Crippen LogP contribution in [0.3, 0.4) is 0 Å². The molecule has 9 heteroatoms. The minimum Gasteiger partial charge on any atom is -0.486 e. The first-order valence-corrected chi connectivity index (χ1v) is 10.3. The van der Waals surface area contributed by atoms with Gasteiger partial charge in [-0.3, -0.25) is 9.59 Å². The van der Waals surface area contributed by atoms with Crippen LogP contribution in [0.4, 0.5) is 5.69 Å². The average molecular weight is 382 g/mol. The second-order valence-corrected chi connectivity index (χ2v) is 8.65. The van der Waals surface area contributed by atoms with Crippen molar-refractivity contribution in [1.29, 1.82) is 0 Å². The van der Waals surface area contributed by atoms with Gasteiger partial charge in [0.25, 0.3) is 0 Å². The van der Waals surface area contributed by atoms with Gasteiger partial charge in [0.15, 0.2) is 21.3 Å². The molecule has 1 unspecified atom stereocenters. The molecule has 1 saturated heterocycles. The Hall–Kier alpha value is -2.29. The second kappa shape index (κ2) is 7.53. The standard InChI is InChI=1S/C17H22N2O6S/c1-12(20)19(14-5-9-26(22,23)11-14)6-4-17(21)18-13-2-3-15-16(10-13)25-8-7-24-15/h2-3,10,14H,4-9,11H2,1H3,(H,18,21). The molecule has 8 nitrogen and oxygen atoms in total. The van der Waals surface area contributed by atoms with Crippen LogP contribution >= 0.6 is 0 Å². The first-order chi connectivity index (χ1) is 12.3. The van der Waals surface area contributed by atoms with Gasteiger partial charge in [-0.25, -0.2) is 8.42 Å². The molecular formula is C17H22N2O6S. The molecule has 1 aromatic rings. The number of ether oxygens (including phenoxy) is 2. The van der Waals surface area contributed by atoms with Gasteiger partial charge in [-0.1, -0.05) is 0 Å². The first kappa shape index (κ1) is 18.5. The first-order valence-electron chi connectivity index (χ1n) is 8.51. The molecule has 1 fully saturated rings. The lowest BCUT2D eigenvalue weighted by molar-refractivity contribution is -0.131. The van der Waals surface area contributed by atoms with Gasteiger partial charge in [0, 0.05) is 37.7 Å². The lowest BCUT2D eigenvalue weighted by Crippen LogP contribution is -2.41. The number of fused-ring (bicyclic) bond motifs is 1. The molecule has 1 atom stereocenters. The molecule has 0 radical (unpaired) electrons. The van der Waals surface area contributed by atoms with Gasteiger partial charge in [0.05, 0.1) is 11.5 Å². The molecule has 3 rings (SSSR count). The van der Waals surface area contributed by atoms with E-state index in [-0.39, 0.29) is 42.3 Å². The number of anilines is 1. The van der Waals surface area contributed by atoms with Crippen molar-refractivity contribution in [1.82, 2.24) is 4.90 Å². The molecule has 2 amide bonds. The summed E-state index contributed by atoms with van der Waals surface area (Å²) in [6.07, 6.45) is 0.510. The maximum absolute atomic E-state index is 12.2. The topological polar surface area (TPSA) is 102 Å².